The first-order chi connectivity index (χ1) is 47.8. The standard InChI is InChI=1S/C69H87ClN16O14/c1-37(2)29-50-61(92)79-49(16-9-27-74-69(71)72)67(98)86-28-10-17-56(86)66(97)85-55(68(99)100)36-76-58(89)34-54-65(96)78-47(59(90)82-52(63(94)80-50)32-40-18-21-41-11-4-5-12-42(41)30-40)15-8-26-73-57(88)25-24-48(77-38(3)87)60(91)81-51(31-39-19-22-44(70)23-20-39)62(93)83-53(64(95)84-54)33-43-35-75-46-14-7-6-13-45(43)46/h4-7,11-14,18-23,30,35,37,47-56,75H,8-10,15-17,24-29,31-34,36H2,1-3H3,(H,73,88)(H,76,89)(H,77,87)(H,78,96)(H,79,92)(H,80,94)(H,81,91)(H,82,90)(H,83,93)(H,84,95)(H,85,97)(H,99,100)(H4,71,72,74)/t47-,48-,49-,50-,51+,52+,53+,54-,55-,56-/m0/s1. The van der Waals surface area contributed by atoms with Gasteiger partial charge >= 0.3 is 5.97 Å². The van der Waals surface area contributed by atoms with Crippen LogP contribution in [0.1, 0.15) is 102 Å². The Balaban J connectivity index is 1.23. The number of carbonyl (C=O) groups is 13. The molecule has 3 aliphatic rings. The summed E-state index contributed by atoms with van der Waals surface area (Å²) in [7, 11) is 0. The van der Waals surface area contributed by atoms with Gasteiger partial charge in [0, 0.05) is 80.9 Å². The Labute approximate surface area is 581 Å². The lowest BCUT2D eigenvalue weighted by molar-refractivity contribution is -0.145. The van der Waals surface area contributed by atoms with Crippen molar-refractivity contribution in [2.75, 3.05) is 26.2 Å². The number of aliphatic carboxylic acids is 1. The molecule has 8 rings (SSSR count). The number of rotatable bonds is 14. The number of aliphatic imine (C=N–C) groups is 1. The van der Waals surface area contributed by atoms with Gasteiger partial charge < -0.3 is 84.9 Å². The molecule has 0 radical (unpaired) electrons. The third-order valence-electron chi connectivity index (χ3n) is 17.5. The zero-order chi connectivity index (χ0) is 72.2. The van der Waals surface area contributed by atoms with Crippen LogP contribution in [0.2, 0.25) is 5.02 Å². The normalized spacial score (nSPS) is 24.2. The van der Waals surface area contributed by atoms with E-state index in [1.165, 1.54) is 4.90 Å². The highest BCUT2D eigenvalue weighted by Gasteiger charge is 2.41. The minimum absolute atomic E-state index is 0.00386. The van der Waals surface area contributed by atoms with Gasteiger partial charge in [-0.25, -0.2) is 4.79 Å². The molecule has 31 heteroatoms. The van der Waals surface area contributed by atoms with Crippen LogP contribution in [-0.4, -0.2) is 184 Å². The monoisotopic (exact) mass is 1400 g/mol. The van der Waals surface area contributed by atoms with Crippen molar-refractivity contribution >= 4 is 116 Å². The fraction of sp³-hybridized carbons (Fsp3) is 0.449. The quantitative estimate of drug-likeness (QED) is 0.0388. The lowest BCUT2D eigenvalue weighted by Gasteiger charge is -2.31. The maximum absolute atomic E-state index is 15.3. The summed E-state index contributed by atoms with van der Waals surface area (Å²) in [5.41, 5.74) is 13.4. The van der Waals surface area contributed by atoms with Crippen molar-refractivity contribution in [2.24, 2.45) is 22.4 Å². The first-order valence-corrected chi connectivity index (χ1v) is 33.8. The molecule has 30 nitrogen and oxygen atoms in total. The number of para-hydroxylation sites is 1. The number of aromatic nitrogens is 1. The van der Waals surface area contributed by atoms with Crippen molar-refractivity contribution < 1.29 is 67.4 Å². The van der Waals surface area contributed by atoms with Gasteiger partial charge in [0.1, 0.15) is 60.4 Å². The third-order valence-corrected chi connectivity index (χ3v) is 17.7. The topological polar surface area (TPSA) is 458 Å². The molecule has 1 aromatic heterocycles. The molecule has 4 heterocycles. The second kappa shape index (κ2) is 35.7. The molecule has 3 fully saturated rings. The van der Waals surface area contributed by atoms with Crippen LogP contribution < -0.4 is 70.0 Å². The van der Waals surface area contributed by atoms with Crippen LogP contribution in [0.15, 0.2) is 102 Å². The summed E-state index contributed by atoms with van der Waals surface area (Å²) in [6.45, 7) is 3.80. The maximum Gasteiger partial charge on any atom is 0.328 e. The van der Waals surface area contributed by atoms with Gasteiger partial charge in [-0.05, 0) is 103 Å². The van der Waals surface area contributed by atoms with Crippen LogP contribution in [0, 0.1) is 5.92 Å². The molecule has 100 heavy (non-hydrogen) atoms. The number of carboxylic acids is 1. The Morgan fingerprint density at radius 2 is 1.24 bits per heavy atom. The number of nitrogens with two attached hydrogens (primary N) is 2. The van der Waals surface area contributed by atoms with Crippen LogP contribution in [-0.2, 0) is 81.6 Å². The molecule has 0 unspecified atom stereocenters. The molecule has 0 spiro atoms. The molecule has 0 aliphatic carbocycles. The minimum atomic E-state index is -1.99. The van der Waals surface area contributed by atoms with Gasteiger partial charge in [0.15, 0.2) is 5.96 Å². The van der Waals surface area contributed by atoms with E-state index in [1.807, 2.05) is 36.4 Å². The largest absolute Gasteiger partial charge is 0.480 e. The smallest absolute Gasteiger partial charge is 0.328 e. The number of H-pyrrole nitrogens is 1. The van der Waals surface area contributed by atoms with E-state index in [0.717, 1.165) is 17.7 Å². The lowest BCUT2D eigenvalue weighted by Crippen LogP contribution is -2.61. The van der Waals surface area contributed by atoms with Crippen LogP contribution in [0.5, 0.6) is 0 Å². The molecule has 3 aliphatic heterocycles. The van der Waals surface area contributed by atoms with E-state index in [2.05, 4.69) is 68.5 Å². The Kier molecular flexibility index (Phi) is 26.8. The Morgan fingerprint density at radius 1 is 0.630 bits per heavy atom. The van der Waals surface area contributed by atoms with E-state index in [9.17, 15) is 48.3 Å². The summed E-state index contributed by atoms with van der Waals surface area (Å²) in [5, 5.41) is 42.3. The van der Waals surface area contributed by atoms with Crippen LogP contribution in [0.4, 0.5) is 0 Å². The number of halogens is 1. The van der Waals surface area contributed by atoms with Gasteiger partial charge in [0.05, 0.1) is 6.42 Å². The number of guanidine groups is 1. The number of hydrogen-bond donors (Lipinski definition) is 15. The summed E-state index contributed by atoms with van der Waals surface area (Å²) < 4.78 is 0. The molecule has 10 atom stereocenters. The number of nitrogens with one attached hydrogen (secondary N) is 12. The molecular formula is C69H87ClN16O14. The second-order valence-corrected chi connectivity index (χ2v) is 26.1. The highest BCUT2D eigenvalue weighted by atomic mass is 35.5. The van der Waals surface area contributed by atoms with Gasteiger partial charge in [-0.3, -0.25) is 62.5 Å². The molecule has 4 aromatic carbocycles. The molecule has 0 saturated carbocycles. The first-order valence-electron chi connectivity index (χ1n) is 33.4. The number of carbonyl (C=O) groups excluding carboxylic acids is 12. The highest BCUT2D eigenvalue weighted by molar-refractivity contribution is 6.30. The van der Waals surface area contributed by atoms with Crippen molar-refractivity contribution in [2.45, 2.75) is 165 Å². The number of benzene rings is 4. The van der Waals surface area contributed by atoms with Crippen molar-refractivity contribution in [3.63, 3.8) is 0 Å². The Hall–Kier alpha value is -10.7. The molecular weight excluding hydrogens is 1310 g/mol. The Morgan fingerprint density at radius 3 is 1.95 bits per heavy atom. The summed E-state index contributed by atoms with van der Waals surface area (Å²) >= 11 is 6.23. The predicted molar refractivity (Wildman–Crippen MR) is 369 cm³/mol. The van der Waals surface area contributed by atoms with Gasteiger partial charge in [-0.1, -0.05) is 98.2 Å². The van der Waals surface area contributed by atoms with E-state index in [0.29, 0.717) is 32.6 Å². The van der Waals surface area contributed by atoms with Crippen molar-refractivity contribution in [3.8, 4) is 0 Å². The van der Waals surface area contributed by atoms with E-state index in [1.54, 1.807) is 74.6 Å². The maximum atomic E-state index is 15.3. The van der Waals surface area contributed by atoms with E-state index >= 15 is 19.2 Å². The van der Waals surface area contributed by atoms with Crippen LogP contribution in [0.25, 0.3) is 21.7 Å². The first kappa shape index (κ1) is 75.1. The highest BCUT2D eigenvalue weighted by Crippen LogP contribution is 2.24. The number of hydrogen-bond acceptors (Lipinski definition) is 14. The summed E-state index contributed by atoms with van der Waals surface area (Å²) in [5.74, 6) is -12.8. The predicted octanol–water partition coefficient (Wildman–Crippen LogP) is -0.229. The van der Waals surface area contributed by atoms with E-state index in [-0.39, 0.29) is 109 Å². The van der Waals surface area contributed by atoms with E-state index < -0.39 is 150 Å². The number of carboxylic acid groups (broad SMARTS) is 1. The lowest BCUT2D eigenvalue weighted by atomic mass is 9.98. The van der Waals surface area contributed by atoms with Gasteiger partial charge in [-0.15, -0.1) is 0 Å². The average Bonchev–Trinajstić information content (AvgIpc) is 1.45. The van der Waals surface area contributed by atoms with Gasteiger partial charge in [0.2, 0.25) is 70.9 Å². The van der Waals surface area contributed by atoms with Crippen molar-refractivity contribution in [3.05, 3.63) is 119 Å². The summed E-state index contributed by atoms with van der Waals surface area (Å²) in [6, 6.07) is 10.5. The zero-order valence-corrected chi connectivity index (χ0v) is 56.5. The number of nitrogens with zero attached hydrogens (tertiary/aromatic N) is 2. The van der Waals surface area contributed by atoms with Crippen LogP contribution >= 0.6 is 11.6 Å². The number of aromatic amines is 1. The Bertz CT molecular complexity index is 3880. The van der Waals surface area contributed by atoms with Crippen molar-refractivity contribution in [1.82, 2.24) is 68.4 Å². The minimum Gasteiger partial charge on any atom is -0.480 e. The molecule has 17 N–H and O–H groups in total. The fourth-order valence-electron chi connectivity index (χ4n) is 12.3. The molecule has 2 bridgehead atoms. The van der Waals surface area contributed by atoms with Gasteiger partial charge in [0.25, 0.3) is 0 Å². The van der Waals surface area contributed by atoms with Crippen LogP contribution in [0.3, 0.4) is 0 Å². The van der Waals surface area contributed by atoms with E-state index in [4.69, 9.17) is 23.1 Å². The average molecular weight is 1400 g/mol. The van der Waals surface area contributed by atoms with Gasteiger partial charge in [-0.2, -0.15) is 0 Å². The summed E-state index contributed by atoms with van der Waals surface area (Å²) in [4.78, 5) is 196. The van der Waals surface area contributed by atoms with Crippen molar-refractivity contribution in [1.29, 1.82) is 0 Å². The molecule has 12 amide bonds. The molecule has 3 saturated heterocycles. The fourth-order valence-corrected chi connectivity index (χ4v) is 12.4. The number of fused-ring (bicyclic) bond motifs is 6. The zero-order valence-electron chi connectivity index (χ0n) is 55.8. The number of amides is 12. The third kappa shape index (κ3) is 21.7. The summed E-state index contributed by atoms with van der Waals surface area (Å²) in [6.07, 6.45) is -0.708. The SMILES string of the molecule is CC(=O)N[C@H]1CCC(=O)NCCC[C@@H]2NC(=O)[C@H](CC(=O)NC[C@@H](C(=O)O)NC(=O)[C@@H]3CCCN3C(=O)[C@H](CCCN=C(N)N)NC(=O)[C@H](CC(C)C)NC(=O)[C@@H](Cc3ccc4ccccc4c3)NC2=O)NC(=O)[C@@H](Cc2c[nH]c3ccccc23)NC(=O)[C@@H](Cc2ccc(Cl)cc2)NC1=O. The molecule has 5 aromatic rings. The second-order valence-electron chi connectivity index (χ2n) is 25.7. The molecule has 534 valence electrons.